The van der Waals surface area contributed by atoms with Crippen molar-refractivity contribution in [3.8, 4) is 29.9 Å². The molecule has 0 spiro atoms. The molecule has 0 aliphatic rings. The Labute approximate surface area is 173 Å². The van der Waals surface area contributed by atoms with Crippen molar-refractivity contribution in [3.05, 3.63) is 56.5 Å². The fraction of sp³-hybridized carbons (Fsp3) is 0.318. The Morgan fingerprint density at radius 3 is 2.70 bits per heavy atom. The number of hydrogen-bond donors (Lipinski definition) is 1. The number of aromatic nitrogens is 4. The molecule has 30 heavy (non-hydrogen) atoms. The van der Waals surface area contributed by atoms with Crippen molar-refractivity contribution in [2.75, 3.05) is 13.7 Å². The first-order chi connectivity index (χ1) is 14.4. The van der Waals surface area contributed by atoms with E-state index in [1.807, 2.05) is 18.2 Å². The Morgan fingerprint density at radius 2 is 2.03 bits per heavy atom. The van der Waals surface area contributed by atoms with Gasteiger partial charge in [-0.3, -0.25) is 9.36 Å². The van der Waals surface area contributed by atoms with Gasteiger partial charge in [-0.15, -0.1) is 6.42 Å². The maximum atomic E-state index is 12.9. The fourth-order valence-electron chi connectivity index (χ4n) is 3.07. The van der Waals surface area contributed by atoms with E-state index in [-0.39, 0.29) is 36.8 Å². The third kappa shape index (κ3) is 3.86. The summed E-state index contributed by atoms with van der Waals surface area (Å²) >= 11 is 0. The number of aryl methyl sites for hydroxylation is 1. The number of terminal acetylenes is 1. The lowest BCUT2D eigenvalue weighted by molar-refractivity contribution is 0.222. The largest absolute Gasteiger partial charge is 0.497 e. The lowest BCUT2D eigenvalue weighted by atomic mass is 10.2. The smallest absolute Gasteiger partial charge is 0.333 e. The van der Waals surface area contributed by atoms with Crippen LogP contribution in [0, 0.1) is 30.1 Å². The molecule has 0 radical (unpaired) electrons. The van der Waals surface area contributed by atoms with Crippen molar-refractivity contribution >= 4 is 11.2 Å². The Balaban J connectivity index is 2.23. The molecule has 0 bridgehead atoms. The third-order valence-electron chi connectivity index (χ3n) is 4.69. The zero-order chi connectivity index (χ0) is 21.8. The maximum Gasteiger partial charge on any atom is 0.333 e. The van der Waals surface area contributed by atoms with Crippen molar-refractivity contribution in [2.24, 2.45) is 13.0 Å². The number of imidazole rings is 1. The van der Waals surface area contributed by atoms with Crippen LogP contribution in [0.1, 0.15) is 18.3 Å². The Morgan fingerprint density at radius 1 is 1.27 bits per heavy atom. The summed E-state index contributed by atoms with van der Waals surface area (Å²) < 4.78 is 9.11. The van der Waals surface area contributed by atoms with Crippen LogP contribution in [0.25, 0.3) is 11.2 Å². The zero-order valence-electron chi connectivity index (χ0n) is 17.0. The van der Waals surface area contributed by atoms with Crippen molar-refractivity contribution in [1.29, 1.82) is 0 Å². The molecular formula is C22H22N4O4. The van der Waals surface area contributed by atoms with Gasteiger partial charge in [0.15, 0.2) is 17.0 Å². The highest BCUT2D eigenvalue weighted by Gasteiger charge is 2.20. The molecule has 0 saturated carbocycles. The Kier molecular flexibility index (Phi) is 6.10. The molecule has 1 unspecified atom stereocenters. The van der Waals surface area contributed by atoms with Crippen LogP contribution in [0.3, 0.4) is 0 Å². The molecule has 0 fully saturated rings. The number of fused-ring (bicyclic) bond motifs is 1. The number of aliphatic hydroxyl groups is 1. The molecule has 0 aliphatic heterocycles. The van der Waals surface area contributed by atoms with Crippen LogP contribution >= 0.6 is 0 Å². The molecule has 1 aromatic carbocycles. The van der Waals surface area contributed by atoms with E-state index in [1.165, 1.54) is 4.57 Å². The van der Waals surface area contributed by atoms with Crippen LogP contribution < -0.4 is 16.0 Å². The predicted octanol–water partition coefficient (Wildman–Crippen LogP) is 0.567. The van der Waals surface area contributed by atoms with Gasteiger partial charge in [0.05, 0.1) is 13.7 Å². The molecular weight excluding hydrogens is 384 g/mol. The van der Waals surface area contributed by atoms with Crippen molar-refractivity contribution in [3.63, 3.8) is 0 Å². The predicted molar refractivity (Wildman–Crippen MR) is 113 cm³/mol. The Bertz CT molecular complexity index is 1310. The van der Waals surface area contributed by atoms with Crippen LogP contribution in [0.4, 0.5) is 0 Å². The summed E-state index contributed by atoms with van der Waals surface area (Å²) in [6.45, 7) is 1.71. The quantitative estimate of drug-likeness (QED) is 0.626. The first-order valence-corrected chi connectivity index (χ1v) is 9.31. The van der Waals surface area contributed by atoms with Crippen molar-refractivity contribution in [1.82, 2.24) is 18.7 Å². The van der Waals surface area contributed by atoms with E-state index in [0.717, 1.165) is 10.1 Å². The summed E-state index contributed by atoms with van der Waals surface area (Å²) in [5.41, 5.74) is 0.0832. The highest BCUT2D eigenvalue weighted by atomic mass is 16.5. The molecule has 0 aliphatic carbocycles. The van der Waals surface area contributed by atoms with Gasteiger partial charge in [-0.25, -0.2) is 14.3 Å². The molecule has 0 saturated heterocycles. The van der Waals surface area contributed by atoms with E-state index >= 15 is 0 Å². The van der Waals surface area contributed by atoms with E-state index in [2.05, 4.69) is 22.7 Å². The van der Waals surface area contributed by atoms with E-state index in [0.29, 0.717) is 11.6 Å². The van der Waals surface area contributed by atoms with Gasteiger partial charge in [0.25, 0.3) is 5.56 Å². The summed E-state index contributed by atoms with van der Waals surface area (Å²) in [7, 11) is 3.24. The van der Waals surface area contributed by atoms with Crippen molar-refractivity contribution in [2.45, 2.75) is 20.0 Å². The van der Waals surface area contributed by atoms with Crippen molar-refractivity contribution < 1.29 is 9.84 Å². The number of methoxy groups -OCH3 is 1. The molecule has 0 amide bonds. The van der Waals surface area contributed by atoms with Gasteiger partial charge >= 0.3 is 5.69 Å². The lowest BCUT2D eigenvalue weighted by Crippen LogP contribution is -2.41. The molecule has 1 atom stereocenters. The van der Waals surface area contributed by atoms with Gasteiger partial charge in [-0.05, 0) is 30.0 Å². The number of nitrogens with zero attached hydrogens (tertiary/aromatic N) is 4. The van der Waals surface area contributed by atoms with Gasteiger partial charge in [-0.2, -0.15) is 0 Å². The minimum absolute atomic E-state index is 0.114. The normalized spacial score (nSPS) is 11.6. The first-order valence-electron chi connectivity index (χ1n) is 9.31. The van der Waals surface area contributed by atoms with Crippen LogP contribution in [0.2, 0.25) is 0 Å². The lowest BCUT2D eigenvalue weighted by Gasteiger charge is -2.13. The number of ether oxygens (including phenoxy) is 1. The minimum Gasteiger partial charge on any atom is -0.497 e. The first kappa shape index (κ1) is 21.0. The highest BCUT2D eigenvalue weighted by Crippen LogP contribution is 2.13. The molecule has 3 aromatic rings. The molecule has 8 nitrogen and oxygen atoms in total. The summed E-state index contributed by atoms with van der Waals surface area (Å²) in [5, 5.41) is 9.42. The SMILES string of the molecule is C#CCn1c(=O)c2c(nc(C#Cc3cccc(OC)c3)n2C)n(CC(C)CO)c1=O. The highest BCUT2D eigenvalue weighted by molar-refractivity contribution is 5.72. The third-order valence-corrected chi connectivity index (χ3v) is 4.69. The average Bonchev–Trinajstić information content (AvgIpc) is 3.08. The number of rotatable bonds is 5. The van der Waals surface area contributed by atoms with Gasteiger partial charge < -0.3 is 14.4 Å². The van der Waals surface area contributed by atoms with Crippen LogP contribution in [-0.2, 0) is 20.1 Å². The second kappa shape index (κ2) is 8.73. The van der Waals surface area contributed by atoms with Gasteiger partial charge in [0, 0.05) is 25.8 Å². The number of benzene rings is 1. The monoisotopic (exact) mass is 406 g/mol. The zero-order valence-corrected chi connectivity index (χ0v) is 17.0. The number of hydrogen-bond acceptors (Lipinski definition) is 5. The van der Waals surface area contributed by atoms with Crippen LogP contribution in [0.15, 0.2) is 33.9 Å². The fourth-order valence-corrected chi connectivity index (χ4v) is 3.07. The van der Waals surface area contributed by atoms with Gasteiger partial charge in [0.1, 0.15) is 5.75 Å². The van der Waals surface area contributed by atoms with E-state index in [9.17, 15) is 14.7 Å². The van der Waals surface area contributed by atoms with E-state index in [4.69, 9.17) is 11.2 Å². The van der Waals surface area contributed by atoms with Crippen LogP contribution in [0.5, 0.6) is 5.75 Å². The summed E-state index contributed by atoms with van der Waals surface area (Å²) in [4.78, 5) is 30.2. The van der Waals surface area contributed by atoms with Crippen LogP contribution in [-0.4, -0.2) is 37.5 Å². The second-order valence-electron chi connectivity index (χ2n) is 6.92. The second-order valence-corrected chi connectivity index (χ2v) is 6.92. The maximum absolute atomic E-state index is 12.9. The molecule has 3 rings (SSSR count). The minimum atomic E-state index is -0.559. The molecule has 2 heterocycles. The summed E-state index contributed by atoms with van der Waals surface area (Å²) in [6.07, 6.45) is 5.35. The van der Waals surface area contributed by atoms with Gasteiger partial charge in [0.2, 0.25) is 0 Å². The molecule has 8 heteroatoms. The Hall–Kier alpha value is -3.75. The topological polar surface area (TPSA) is 91.3 Å². The summed E-state index contributed by atoms with van der Waals surface area (Å²) in [6, 6.07) is 7.25. The number of aliphatic hydroxyl groups excluding tert-OH is 1. The van der Waals surface area contributed by atoms with E-state index in [1.54, 1.807) is 31.7 Å². The molecule has 154 valence electrons. The van der Waals surface area contributed by atoms with Gasteiger partial charge in [-0.1, -0.05) is 24.8 Å². The average molecular weight is 406 g/mol. The standard InChI is InChI=1S/C22H22N4O4/c1-5-11-25-21(28)19-20(26(22(25)29)13-15(2)14-27)23-18(24(19)3)10-9-16-7-6-8-17(12-16)30-4/h1,6-8,12,15,27H,11,13-14H2,2-4H3. The molecule has 1 N–H and O–H groups in total. The van der Waals surface area contributed by atoms with E-state index < -0.39 is 11.2 Å². The molecule has 2 aromatic heterocycles. The summed E-state index contributed by atoms with van der Waals surface area (Å²) in [5.74, 6) is 9.09.